The number of hydrogen-bond acceptors (Lipinski definition) is 3. The molecule has 1 aliphatic rings. The first kappa shape index (κ1) is 18.6. The van der Waals surface area contributed by atoms with Crippen LogP contribution in [0.15, 0.2) is 55.1 Å². The summed E-state index contributed by atoms with van der Waals surface area (Å²) in [5, 5.41) is 0. The molecule has 1 fully saturated rings. The molecule has 2 aromatic rings. The van der Waals surface area contributed by atoms with Crippen LogP contribution in [0.25, 0.3) is 5.57 Å². The van der Waals surface area contributed by atoms with Gasteiger partial charge in [0.15, 0.2) is 5.78 Å². The summed E-state index contributed by atoms with van der Waals surface area (Å²) in [4.78, 5) is 18.3. The van der Waals surface area contributed by atoms with Gasteiger partial charge in [-0.25, -0.2) is 0 Å². The number of aryl methyl sites for hydroxylation is 2. The quantitative estimate of drug-likeness (QED) is 0.788. The van der Waals surface area contributed by atoms with Crippen molar-refractivity contribution < 1.29 is 4.79 Å². The van der Waals surface area contributed by atoms with Crippen LogP contribution in [0.5, 0.6) is 0 Å². The molecule has 0 aliphatic carbocycles. The highest BCUT2D eigenvalue weighted by atomic mass is 16.1. The SMILES string of the molecule is C=C(C(=O)C1(c2c(C)cccc2C)CN(C)CN(C)C1)c1ccccc1. The first-order valence-electron chi connectivity index (χ1n) is 9.08. The molecular formula is C23H28N2O. The average molecular weight is 348 g/mol. The lowest BCUT2D eigenvalue weighted by Crippen LogP contribution is -2.59. The molecule has 0 N–H and O–H groups in total. The summed E-state index contributed by atoms with van der Waals surface area (Å²) in [6, 6.07) is 16.1. The summed E-state index contributed by atoms with van der Waals surface area (Å²) < 4.78 is 0. The van der Waals surface area contributed by atoms with Crippen LogP contribution in [0, 0.1) is 13.8 Å². The number of carbonyl (C=O) groups is 1. The van der Waals surface area contributed by atoms with E-state index in [1.165, 1.54) is 11.1 Å². The van der Waals surface area contributed by atoms with Crippen molar-refractivity contribution in [2.75, 3.05) is 33.9 Å². The molecule has 136 valence electrons. The Morgan fingerprint density at radius 3 is 2.00 bits per heavy atom. The fraction of sp³-hybridized carbons (Fsp3) is 0.348. The Morgan fingerprint density at radius 1 is 0.923 bits per heavy atom. The van der Waals surface area contributed by atoms with Gasteiger partial charge in [0, 0.05) is 18.7 Å². The number of hydrogen-bond donors (Lipinski definition) is 0. The topological polar surface area (TPSA) is 23.6 Å². The van der Waals surface area contributed by atoms with E-state index in [4.69, 9.17) is 0 Å². The second-order valence-electron chi connectivity index (χ2n) is 7.69. The standard InChI is InChI=1S/C23H28N2O/c1-17-10-9-11-18(2)21(17)23(14-24(4)16-25(5)15-23)22(26)19(3)20-12-7-6-8-13-20/h6-13H,3,14-16H2,1-2,4-5H3. The number of allylic oxidation sites excluding steroid dienone is 1. The Labute approximate surface area is 156 Å². The molecular weight excluding hydrogens is 320 g/mol. The fourth-order valence-corrected chi connectivity index (χ4v) is 4.53. The van der Waals surface area contributed by atoms with Gasteiger partial charge in [-0.1, -0.05) is 55.1 Å². The highest BCUT2D eigenvalue weighted by molar-refractivity contribution is 6.25. The molecule has 26 heavy (non-hydrogen) atoms. The van der Waals surface area contributed by atoms with Gasteiger partial charge in [0.25, 0.3) is 0 Å². The third-order valence-electron chi connectivity index (χ3n) is 5.35. The molecule has 0 atom stereocenters. The third kappa shape index (κ3) is 3.25. The van der Waals surface area contributed by atoms with Gasteiger partial charge in [0.1, 0.15) is 0 Å². The van der Waals surface area contributed by atoms with Gasteiger partial charge in [-0.15, -0.1) is 0 Å². The Morgan fingerprint density at radius 2 is 1.46 bits per heavy atom. The molecule has 0 radical (unpaired) electrons. The number of benzene rings is 2. The second-order valence-corrected chi connectivity index (χ2v) is 7.69. The summed E-state index contributed by atoms with van der Waals surface area (Å²) in [6.07, 6.45) is 0. The van der Waals surface area contributed by atoms with Gasteiger partial charge in [-0.2, -0.15) is 0 Å². The number of carbonyl (C=O) groups excluding carboxylic acids is 1. The van der Waals surface area contributed by atoms with E-state index < -0.39 is 5.41 Å². The van der Waals surface area contributed by atoms with E-state index in [-0.39, 0.29) is 5.78 Å². The van der Waals surface area contributed by atoms with Crippen LogP contribution in [0.3, 0.4) is 0 Å². The van der Waals surface area contributed by atoms with Crippen molar-refractivity contribution in [3.8, 4) is 0 Å². The monoisotopic (exact) mass is 348 g/mol. The van der Waals surface area contributed by atoms with E-state index in [1.54, 1.807) is 0 Å². The molecule has 1 heterocycles. The summed E-state index contributed by atoms with van der Waals surface area (Å²) >= 11 is 0. The Balaban J connectivity index is 2.16. The molecule has 0 unspecified atom stereocenters. The van der Waals surface area contributed by atoms with Gasteiger partial charge in [0.05, 0.1) is 12.1 Å². The number of Topliss-reactive ketones (excluding diaryl/α,β-unsaturated/α-hetero) is 1. The van der Waals surface area contributed by atoms with E-state index in [1.807, 2.05) is 30.3 Å². The fourth-order valence-electron chi connectivity index (χ4n) is 4.53. The zero-order valence-electron chi connectivity index (χ0n) is 16.2. The van der Waals surface area contributed by atoms with E-state index in [0.717, 1.165) is 17.8 Å². The minimum Gasteiger partial charge on any atom is -0.293 e. The summed E-state index contributed by atoms with van der Waals surface area (Å²) in [6.45, 7) is 10.7. The molecule has 0 saturated carbocycles. The van der Waals surface area contributed by atoms with E-state index >= 15 is 0 Å². The number of rotatable bonds is 4. The normalized spacial score (nSPS) is 17.8. The van der Waals surface area contributed by atoms with Crippen molar-refractivity contribution in [2.45, 2.75) is 19.3 Å². The van der Waals surface area contributed by atoms with E-state index in [0.29, 0.717) is 18.7 Å². The van der Waals surface area contributed by atoms with Crippen LogP contribution in [-0.4, -0.2) is 49.4 Å². The smallest absolute Gasteiger partial charge is 0.175 e. The highest BCUT2D eigenvalue weighted by Gasteiger charge is 2.47. The van der Waals surface area contributed by atoms with Crippen LogP contribution in [0.1, 0.15) is 22.3 Å². The molecule has 3 rings (SSSR count). The van der Waals surface area contributed by atoms with Gasteiger partial charge in [0.2, 0.25) is 0 Å². The number of ketones is 1. The average Bonchev–Trinajstić information content (AvgIpc) is 2.60. The van der Waals surface area contributed by atoms with Gasteiger partial charge in [-0.05, 0) is 50.2 Å². The third-order valence-corrected chi connectivity index (χ3v) is 5.35. The zero-order valence-corrected chi connectivity index (χ0v) is 16.2. The summed E-state index contributed by atoms with van der Waals surface area (Å²) in [5.74, 6) is 0.125. The molecule has 0 aromatic heterocycles. The highest BCUT2D eigenvalue weighted by Crippen LogP contribution is 2.38. The van der Waals surface area contributed by atoms with Crippen LogP contribution < -0.4 is 0 Å². The largest absolute Gasteiger partial charge is 0.293 e. The predicted molar refractivity (Wildman–Crippen MR) is 108 cm³/mol. The minimum atomic E-state index is -0.607. The Bertz CT molecular complexity index is 795. The van der Waals surface area contributed by atoms with Crippen molar-refractivity contribution in [3.63, 3.8) is 0 Å². The zero-order chi connectivity index (χ0) is 18.9. The summed E-state index contributed by atoms with van der Waals surface area (Å²) in [5.41, 5.74) is 4.38. The lowest BCUT2D eigenvalue weighted by Gasteiger charge is -2.46. The van der Waals surface area contributed by atoms with Crippen LogP contribution >= 0.6 is 0 Å². The van der Waals surface area contributed by atoms with Crippen molar-refractivity contribution in [2.24, 2.45) is 0 Å². The lowest BCUT2D eigenvalue weighted by molar-refractivity contribution is -0.122. The maximum Gasteiger partial charge on any atom is 0.175 e. The molecule has 1 aliphatic heterocycles. The lowest BCUT2D eigenvalue weighted by atomic mass is 9.69. The maximum atomic E-state index is 13.9. The Kier molecular flexibility index (Phi) is 5.12. The van der Waals surface area contributed by atoms with Gasteiger partial charge in [-0.3, -0.25) is 14.6 Å². The van der Waals surface area contributed by atoms with Crippen LogP contribution in [0.4, 0.5) is 0 Å². The van der Waals surface area contributed by atoms with Crippen molar-refractivity contribution in [3.05, 3.63) is 77.4 Å². The molecule has 3 nitrogen and oxygen atoms in total. The second kappa shape index (κ2) is 7.18. The van der Waals surface area contributed by atoms with Crippen LogP contribution in [0.2, 0.25) is 0 Å². The van der Waals surface area contributed by atoms with Gasteiger partial charge >= 0.3 is 0 Å². The summed E-state index contributed by atoms with van der Waals surface area (Å²) in [7, 11) is 4.16. The predicted octanol–water partition coefficient (Wildman–Crippen LogP) is 3.66. The molecule has 0 bridgehead atoms. The first-order chi connectivity index (χ1) is 12.3. The molecule has 0 spiro atoms. The molecule has 0 amide bonds. The molecule has 1 saturated heterocycles. The van der Waals surface area contributed by atoms with Gasteiger partial charge < -0.3 is 0 Å². The van der Waals surface area contributed by atoms with Crippen LogP contribution in [-0.2, 0) is 10.2 Å². The van der Waals surface area contributed by atoms with Crippen molar-refractivity contribution in [1.29, 1.82) is 0 Å². The van der Waals surface area contributed by atoms with E-state index in [9.17, 15) is 4.79 Å². The number of likely N-dealkylation sites (N-methyl/N-ethyl adjacent to an activating group) is 2. The molecule has 3 heteroatoms. The first-order valence-corrected chi connectivity index (χ1v) is 9.08. The minimum absolute atomic E-state index is 0.125. The van der Waals surface area contributed by atoms with Crippen molar-refractivity contribution >= 4 is 11.4 Å². The molecule has 2 aromatic carbocycles. The number of nitrogens with zero attached hydrogens (tertiary/aromatic N) is 2. The maximum absolute atomic E-state index is 13.9. The van der Waals surface area contributed by atoms with E-state index in [2.05, 4.69) is 62.5 Å². The van der Waals surface area contributed by atoms with Crippen molar-refractivity contribution in [1.82, 2.24) is 9.80 Å². The Hall–Kier alpha value is -2.23.